The summed E-state index contributed by atoms with van der Waals surface area (Å²) in [5.74, 6) is -1.41. The first-order valence-electron chi connectivity index (χ1n) is 11.7. The molecule has 0 radical (unpaired) electrons. The molecule has 0 fully saturated rings. The van der Waals surface area contributed by atoms with Crippen LogP contribution in [-0.4, -0.2) is 41.0 Å². The van der Waals surface area contributed by atoms with Gasteiger partial charge in [-0.3, -0.25) is 4.79 Å². The monoisotopic (exact) mass is 473 g/mol. The van der Waals surface area contributed by atoms with E-state index in [1.807, 2.05) is 60.7 Å². The Morgan fingerprint density at radius 2 is 1.31 bits per heavy atom. The SMILES string of the molecule is CCCCc1ccc(NC(=O)Nc2ccc(-c3ccc(C(=O)N(C)[C@@H](C)C(=O)O)cc3)cc2)cc1. The van der Waals surface area contributed by atoms with E-state index in [0.717, 1.165) is 36.1 Å². The topological polar surface area (TPSA) is 98.7 Å². The van der Waals surface area contributed by atoms with E-state index >= 15 is 0 Å². The highest BCUT2D eigenvalue weighted by molar-refractivity contribution is 6.00. The van der Waals surface area contributed by atoms with Crippen molar-refractivity contribution in [1.29, 1.82) is 0 Å². The lowest BCUT2D eigenvalue weighted by Crippen LogP contribution is -2.40. The van der Waals surface area contributed by atoms with Crippen LogP contribution in [0.5, 0.6) is 0 Å². The molecule has 0 aromatic heterocycles. The van der Waals surface area contributed by atoms with Gasteiger partial charge in [-0.2, -0.15) is 0 Å². The number of aliphatic carboxylic acids is 1. The van der Waals surface area contributed by atoms with Crippen LogP contribution < -0.4 is 10.6 Å². The fourth-order valence-electron chi connectivity index (χ4n) is 3.53. The standard InChI is InChI=1S/C28H31N3O4/c1-4-5-6-20-7-15-24(16-8-20)29-28(35)30-25-17-13-22(14-18-25)21-9-11-23(12-10-21)26(32)31(3)19(2)27(33)34/h7-19H,4-6H2,1-3H3,(H,33,34)(H2,29,30,35)/t19-/m0/s1. The van der Waals surface area contributed by atoms with Crippen LogP contribution in [0.4, 0.5) is 16.2 Å². The summed E-state index contributed by atoms with van der Waals surface area (Å²) in [7, 11) is 1.47. The second-order valence-corrected chi connectivity index (χ2v) is 8.46. The predicted octanol–water partition coefficient (Wildman–Crippen LogP) is 5.89. The number of urea groups is 1. The van der Waals surface area contributed by atoms with Gasteiger partial charge in [0.15, 0.2) is 0 Å². The molecule has 3 N–H and O–H groups in total. The Morgan fingerprint density at radius 1 is 0.829 bits per heavy atom. The number of anilines is 2. The average Bonchev–Trinajstić information content (AvgIpc) is 2.87. The third kappa shape index (κ3) is 6.93. The molecule has 7 nitrogen and oxygen atoms in total. The van der Waals surface area contributed by atoms with Gasteiger partial charge in [0.1, 0.15) is 6.04 Å². The van der Waals surface area contributed by atoms with Gasteiger partial charge in [0, 0.05) is 24.0 Å². The minimum atomic E-state index is -1.06. The number of unbranched alkanes of at least 4 members (excludes halogenated alkanes) is 1. The molecule has 1 atom stereocenters. The molecule has 35 heavy (non-hydrogen) atoms. The molecule has 3 aromatic rings. The van der Waals surface area contributed by atoms with Crippen LogP contribution in [0.25, 0.3) is 11.1 Å². The molecule has 0 saturated carbocycles. The van der Waals surface area contributed by atoms with E-state index in [4.69, 9.17) is 5.11 Å². The van der Waals surface area contributed by atoms with Crippen molar-refractivity contribution < 1.29 is 19.5 Å². The molecule has 0 aliphatic carbocycles. The highest BCUT2D eigenvalue weighted by Gasteiger charge is 2.22. The zero-order chi connectivity index (χ0) is 25.4. The lowest BCUT2D eigenvalue weighted by atomic mass is 10.0. The van der Waals surface area contributed by atoms with Crippen LogP contribution in [0.3, 0.4) is 0 Å². The second kappa shape index (κ2) is 11.8. The molecule has 0 heterocycles. The van der Waals surface area contributed by atoms with E-state index in [0.29, 0.717) is 11.3 Å². The Bertz CT molecular complexity index is 1160. The molecule has 0 spiro atoms. The summed E-state index contributed by atoms with van der Waals surface area (Å²) in [5.41, 5.74) is 4.88. The molecule has 3 rings (SSSR count). The van der Waals surface area contributed by atoms with E-state index < -0.39 is 12.0 Å². The first-order valence-corrected chi connectivity index (χ1v) is 11.7. The zero-order valence-corrected chi connectivity index (χ0v) is 20.2. The predicted molar refractivity (Wildman–Crippen MR) is 139 cm³/mol. The van der Waals surface area contributed by atoms with E-state index in [1.54, 1.807) is 12.1 Å². The van der Waals surface area contributed by atoms with Crippen molar-refractivity contribution in [2.45, 2.75) is 39.2 Å². The van der Waals surface area contributed by atoms with Gasteiger partial charge in [0.2, 0.25) is 0 Å². The Morgan fingerprint density at radius 3 is 1.80 bits per heavy atom. The highest BCUT2D eigenvalue weighted by atomic mass is 16.4. The van der Waals surface area contributed by atoms with E-state index in [9.17, 15) is 14.4 Å². The normalized spacial score (nSPS) is 11.4. The summed E-state index contributed by atoms with van der Waals surface area (Å²) in [5, 5.41) is 14.8. The molecule has 3 amide bonds. The van der Waals surface area contributed by atoms with Gasteiger partial charge >= 0.3 is 12.0 Å². The molecule has 0 aliphatic rings. The smallest absolute Gasteiger partial charge is 0.326 e. The molecule has 3 aromatic carbocycles. The van der Waals surface area contributed by atoms with E-state index in [-0.39, 0.29) is 11.9 Å². The fraction of sp³-hybridized carbons (Fsp3) is 0.250. The number of carboxylic acid groups (broad SMARTS) is 1. The van der Waals surface area contributed by atoms with Crippen molar-refractivity contribution >= 4 is 29.3 Å². The van der Waals surface area contributed by atoms with E-state index in [2.05, 4.69) is 17.6 Å². The van der Waals surface area contributed by atoms with Crippen LogP contribution in [0, 0.1) is 0 Å². The minimum absolute atomic E-state index is 0.318. The molecule has 0 aliphatic heterocycles. The number of likely N-dealkylation sites (N-methyl/N-ethyl adjacent to an activating group) is 1. The van der Waals surface area contributed by atoms with Gasteiger partial charge in [-0.05, 0) is 72.9 Å². The Balaban J connectivity index is 1.58. The van der Waals surface area contributed by atoms with Crippen LogP contribution >= 0.6 is 0 Å². The summed E-state index contributed by atoms with van der Waals surface area (Å²) >= 11 is 0. The van der Waals surface area contributed by atoms with Gasteiger partial charge < -0.3 is 20.6 Å². The number of carbonyl (C=O) groups excluding carboxylic acids is 2. The maximum atomic E-state index is 12.5. The maximum Gasteiger partial charge on any atom is 0.326 e. The number of carbonyl (C=O) groups is 3. The first-order chi connectivity index (χ1) is 16.8. The third-order valence-electron chi connectivity index (χ3n) is 5.90. The lowest BCUT2D eigenvalue weighted by Gasteiger charge is -2.21. The second-order valence-electron chi connectivity index (χ2n) is 8.46. The zero-order valence-electron chi connectivity index (χ0n) is 20.2. The fourth-order valence-corrected chi connectivity index (χ4v) is 3.53. The summed E-state index contributed by atoms with van der Waals surface area (Å²) in [6.07, 6.45) is 3.34. The molecule has 7 heteroatoms. The van der Waals surface area contributed by atoms with Crippen LogP contribution in [0.1, 0.15) is 42.6 Å². The van der Waals surface area contributed by atoms with Gasteiger partial charge in [0.25, 0.3) is 5.91 Å². The number of nitrogens with one attached hydrogen (secondary N) is 2. The summed E-state index contributed by atoms with van der Waals surface area (Å²) in [6.45, 7) is 3.63. The van der Waals surface area contributed by atoms with Crippen molar-refractivity contribution in [3.63, 3.8) is 0 Å². The quantitative estimate of drug-likeness (QED) is 0.361. The maximum absolute atomic E-state index is 12.5. The van der Waals surface area contributed by atoms with Gasteiger partial charge in [-0.1, -0.05) is 49.7 Å². The van der Waals surface area contributed by atoms with Gasteiger partial charge in [-0.15, -0.1) is 0 Å². The van der Waals surface area contributed by atoms with E-state index in [1.165, 1.54) is 24.4 Å². The minimum Gasteiger partial charge on any atom is -0.480 e. The number of nitrogens with zero attached hydrogens (tertiary/aromatic N) is 1. The van der Waals surface area contributed by atoms with Crippen molar-refractivity contribution in [2.75, 3.05) is 17.7 Å². The van der Waals surface area contributed by atoms with Gasteiger partial charge in [0.05, 0.1) is 0 Å². The van der Waals surface area contributed by atoms with Crippen molar-refractivity contribution in [1.82, 2.24) is 4.90 Å². The van der Waals surface area contributed by atoms with Crippen molar-refractivity contribution in [2.24, 2.45) is 0 Å². The number of carboxylic acids is 1. The molecule has 0 unspecified atom stereocenters. The Labute approximate surface area is 205 Å². The number of benzene rings is 3. The third-order valence-corrected chi connectivity index (χ3v) is 5.90. The largest absolute Gasteiger partial charge is 0.480 e. The number of aryl methyl sites for hydroxylation is 1. The summed E-state index contributed by atoms with van der Waals surface area (Å²) in [4.78, 5) is 37.2. The summed E-state index contributed by atoms with van der Waals surface area (Å²) < 4.78 is 0. The highest BCUT2D eigenvalue weighted by Crippen LogP contribution is 2.23. The molecule has 182 valence electrons. The molecule has 0 bridgehead atoms. The molecular formula is C28H31N3O4. The number of hydrogen-bond donors (Lipinski definition) is 3. The van der Waals surface area contributed by atoms with Crippen molar-refractivity contribution in [3.05, 3.63) is 83.9 Å². The number of hydrogen-bond acceptors (Lipinski definition) is 3. The van der Waals surface area contributed by atoms with Crippen molar-refractivity contribution in [3.8, 4) is 11.1 Å². The molecular weight excluding hydrogens is 442 g/mol. The van der Waals surface area contributed by atoms with Crippen LogP contribution in [0.2, 0.25) is 0 Å². The van der Waals surface area contributed by atoms with Gasteiger partial charge in [-0.25, -0.2) is 9.59 Å². The number of rotatable bonds is 9. The molecule has 0 saturated heterocycles. The average molecular weight is 474 g/mol. The Hall–Kier alpha value is -4.13. The summed E-state index contributed by atoms with van der Waals surface area (Å²) in [6, 6.07) is 21.0. The van der Waals surface area contributed by atoms with Crippen LogP contribution in [0.15, 0.2) is 72.8 Å². The first kappa shape index (κ1) is 25.5. The van der Waals surface area contributed by atoms with Crippen LogP contribution in [-0.2, 0) is 11.2 Å². The lowest BCUT2D eigenvalue weighted by molar-refractivity contribution is -0.141. The Kier molecular flexibility index (Phi) is 8.62. The number of amides is 3.